The van der Waals surface area contributed by atoms with Crippen molar-refractivity contribution in [2.24, 2.45) is 0 Å². The van der Waals surface area contributed by atoms with Gasteiger partial charge in [0.1, 0.15) is 5.82 Å². The molecule has 0 saturated heterocycles. The molecule has 0 spiro atoms. The summed E-state index contributed by atoms with van der Waals surface area (Å²) in [5, 5.41) is 4.02. The molecule has 2 aromatic carbocycles. The first-order valence-electron chi connectivity index (χ1n) is 7.05. The summed E-state index contributed by atoms with van der Waals surface area (Å²) >= 11 is 6.37. The average Bonchev–Trinajstić information content (AvgIpc) is 2.47. The predicted molar refractivity (Wildman–Crippen MR) is 88.0 cm³/mol. The number of hydrogen-bond acceptors (Lipinski definition) is 2. The molecule has 1 unspecified atom stereocenters. The predicted octanol–water partition coefficient (Wildman–Crippen LogP) is 4.92. The number of nitrogens with one attached hydrogen (secondary N) is 1. The van der Waals surface area contributed by atoms with Crippen molar-refractivity contribution in [3.63, 3.8) is 0 Å². The highest BCUT2D eigenvalue weighted by atomic mass is 35.5. The molecule has 0 aliphatic carbocycles. The van der Waals surface area contributed by atoms with Gasteiger partial charge in [0.15, 0.2) is 0 Å². The fraction of sp³-hybridized carbons (Fsp3) is 0.294. The Bertz CT molecular complexity index is 615. The van der Waals surface area contributed by atoms with Gasteiger partial charge in [0.2, 0.25) is 0 Å². The van der Waals surface area contributed by atoms with E-state index in [-0.39, 0.29) is 11.9 Å². The highest BCUT2D eigenvalue weighted by Crippen LogP contribution is 2.31. The summed E-state index contributed by atoms with van der Waals surface area (Å²) in [5.74, 6) is -0.249. The van der Waals surface area contributed by atoms with Crippen molar-refractivity contribution >= 4 is 23.0 Å². The SMILES string of the molecule is CCNC(C)c1ccc(N(C)c2ccccc2F)cc1Cl. The third-order valence-corrected chi connectivity index (χ3v) is 3.89. The van der Waals surface area contributed by atoms with Crippen LogP contribution in [0.25, 0.3) is 0 Å². The number of anilines is 2. The molecular formula is C17H20ClFN2. The Labute approximate surface area is 130 Å². The lowest BCUT2D eigenvalue weighted by atomic mass is 10.1. The fourth-order valence-electron chi connectivity index (χ4n) is 2.35. The minimum Gasteiger partial charge on any atom is -0.342 e. The highest BCUT2D eigenvalue weighted by molar-refractivity contribution is 6.31. The second kappa shape index (κ2) is 6.92. The molecule has 0 fully saturated rings. The Hall–Kier alpha value is -1.58. The summed E-state index contributed by atoms with van der Waals surface area (Å²) in [6.45, 7) is 5.02. The van der Waals surface area contributed by atoms with Crippen LogP contribution in [0.3, 0.4) is 0 Å². The molecule has 1 atom stereocenters. The smallest absolute Gasteiger partial charge is 0.146 e. The van der Waals surface area contributed by atoms with Crippen LogP contribution in [0.1, 0.15) is 25.5 Å². The molecule has 0 heterocycles. The summed E-state index contributed by atoms with van der Waals surface area (Å²) in [6.07, 6.45) is 0. The Balaban J connectivity index is 2.30. The van der Waals surface area contributed by atoms with Gasteiger partial charge in [-0.2, -0.15) is 0 Å². The van der Waals surface area contributed by atoms with Crippen molar-refractivity contribution < 1.29 is 4.39 Å². The van der Waals surface area contributed by atoms with Gasteiger partial charge in [-0.25, -0.2) is 4.39 Å². The van der Waals surface area contributed by atoms with E-state index in [1.54, 1.807) is 17.0 Å². The molecule has 4 heteroatoms. The van der Waals surface area contributed by atoms with Crippen LogP contribution in [0.2, 0.25) is 5.02 Å². The third kappa shape index (κ3) is 3.55. The van der Waals surface area contributed by atoms with Crippen LogP contribution in [0, 0.1) is 5.82 Å². The number of nitrogens with zero attached hydrogens (tertiary/aromatic N) is 1. The molecule has 2 nitrogen and oxygen atoms in total. The molecular weight excluding hydrogens is 287 g/mol. The maximum atomic E-state index is 13.8. The lowest BCUT2D eigenvalue weighted by molar-refractivity contribution is 0.598. The second-order valence-electron chi connectivity index (χ2n) is 5.00. The minimum atomic E-state index is -0.249. The standard InChI is InChI=1S/C17H20ClFN2/c1-4-20-12(2)14-10-9-13(11-15(14)18)21(3)17-8-6-5-7-16(17)19/h5-12,20H,4H2,1-3H3. The molecule has 0 amide bonds. The van der Waals surface area contributed by atoms with Crippen LogP contribution in [-0.2, 0) is 0 Å². The van der Waals surface area contributed by atoms with Gasteiger partial charge in [0.25, 0.3) is 0 Å². The lowest BCUT2D eigenvalue weighted by Gasteiger charge is -2.22. The van der Waals surface area contributed by atoms with E-state index in [0.29, 0.717) is 10.7 Å². The van der Waals surface area contributed by atoms with Gasteiger partial charge >= 0.3 is 0 Å². The normalized spacial score (nSPS) is 12.2. The quantitative estimate of drug-likeness (QED) is 0.843. The zero-order valence-electron chi connectivity index (χ0n) is 12.5. The van der Waals surface area contributed by atoms with Crippen LogP contribution in [0.15, 0.2) is 42.5 Å². The Morgan fingerprint density at radius 1 is 1.24 bits per heavy atom. The van der Waals surface area contributed by atoms with E-state index >= 15 is 0 Å². The van der Waals surface area contributed by atoms with Crippen molar-refractivity contribution in [3.05, 3.63) is 58.9 Å². The lowest BCUT2D eigenvalue weighted by Crippen LogP contribution is -2.18. The van der Waals surface area contributed by atoms with E-state index in [4.69, 9.17) is 11.6 Å². The number of rotatable bonds is 5. The van der Waals surface area contributed by atoms with Gasteiger partial charge in [0, 0.05) is 23.8 Å². The van der Waals surface area contributed by atoms with E-state index in [1.165, 1.54) is 6.07 Å². The topological polar surface area (TPSA) is 15.3 Å². The van der Waals surface area contributed by atoms with Gasteiger partial charge in [0.05, 0.1) is 5.69 Å². The van der Waals surface area contributed by atoms with Gasteiger partial charge in [-0.3, -0.25) is 0 Å². The highest BCUT2D eigenvalue weighted by Gasteiger charge is 2.13. The van der Waals surface area contributed by atoms with Gasteiger partial charge in [-0.1, -0.05) is 36.7 Å². The molecule has 0 aliphatic rings. The first-order chi connectivity index (χ1) is 10.0. The molecule has 0 bridgehead atoms. The zero-order chi connectivity index (χ0) is 15.4. The summed E-state index contributed by atoms with van der Waals surface area (Å²) in [4.78, 5) is 1.79. The maximum absolute atomic E-state index is 13.8. The van der Waals surface area contributed by atoms with E-state index in [2.05, 4.69) is 19.2 Å². The van der Waals surface area contributed by atoms with Gasteiger partial charge in [-0.15, -0.1) is 0 Å². The Morgan fingerprint density at radius 3 is 2.57 bits per heavy atom. The van der Waals surface area contributed by atoms with Gasteiger partial charge < -0.3 is 10.2 Å². The molecule has 112 valence electrons. The first kappa shape index (κ1) is 15.8. The molecule has 1 N–H and O–H groups in total. The number of para-hydroxylation sites is 1. The largest absolute Gasteiger partial charge is 0.342 e. The third-order valence-electron chi connectivity index (χ3n) is 3.56. The monoisotopic (exact) mass is 306 g/mol. The summed E-state index contributed by atoms with van der Waals surface area (Å²) < 4.78 is 13.8. The summed E-state index contributed by atoms with van der Waals surface area (Å²) in [6, 6.07) is 12.7. The van der Waals surface area contributed by atoms with Crippen molar-refractivity contribution in [2.45, 2.75) is 19.9 Å². The van der Waals surface area contributed by atoms with Crippen LogP contribution in [-0.4, -0.2) is 13.6 Å². The van der Waals surface area contributed by atoms with Crippen molar-refractivity contribution in [1.82, 2.24) is 5.32 Å². The van der Waals surface area contributed by atoms with Crippen LogP contribution >= 0.6 is 11.6 Å². The Morgan fingerprint density at radius 2 is 1.95 bits per heavy atom. The number of halogens is 2. The van der Waals surface area contributed by atoms with E-state index in [0.717, 1.165) is 17.8 Å². The van der Waals surface area contributed by atoms with E-state index in [9.17, 15) is 4.39 Å². The molecule has 2 rings (SSSR count). The molecule has 2 aromatic rings. The van der Waals surface area contributed by atoms with Gasteiger partial charge in [-0.05, 0) is 43.3 Å². The van der Waals surface area contributed by atoms with Crippen LogP contribution in [0.5, 0.6) is 0 Å². The number of hydrogen-bond donors (Lipinski definition) is 1. The van der Waals surface area contributed by atoms with E-state index < -0.39 is 0 Å². The molecule has 21 heavy (non-hydrogen) atoms. The fourth-order valence-corrected chi connectivity index (χ4v) is 2.69. The maximum Gasteiger partial charge on any atom is 0.146 e. The minimum absolute atomic E-state index is 0.190. The number of benzene rings is 2. The molecule has 0 aliphatic heterocycles. The van der Waals surface area contributed by atoms with Crippen molar-refractivity contribution in [1.29, 1.82) is 0 Å². The average molecular weight is 307 g/mol. The summed E-state index contributed by atoms with van der Waals surface area (Å²) in [5.41, 5.74) is 2.43. The summed E-state index contributed by atoms with van der Waals surface area (Å²) in [7, 11) is 1.83. The molecule has 0 radical (unpaired) electrons. The Kier molecular flexibility index (Phi) is 5.21. The second-order valence-corrected chi connectivity index (χ2v) is 5.40. The molecule has 0 saturated carbocycles. The van der Waals surface area contributed by atoms with E-state index in [1.807, 2.05) is 31.3 Å². The molecule has 0 aromatic heterocycles. The van der Waals surface area contributed by atoms with Crippen LogP contribution < -0.4 is 10.2 Å². The first-order valence-corrected chi connectivity index (χ1v) is 7.43. The van der Waals surface area contributed by atoms with Crippen molar-refractivity contribution in [2.75, 3.05) is 18.5 Å². The van der Waals surface area contributed by atoms with Crippen LogP contribution in [0.4, 0.5) is 15.8 Å². The van der Waals surface area contributed by atoms with Crippen molar-refractivity contribution in [3.8, 4) is 0 Å². The zero-order valence-corrected chi connectivity index (χ0v) is 13.3.